The first-order valence-electron chi connectivity index (χ1n) is 5.62. The smallest absolute Gasteiger partial charge is 0.426 e. The zero-order valence-corrected chi connectivity index (χ0v) is 10.0. The number of nitrogens with zero attached hydrogens (tertiary/aromatic N) is 1. The molecule has 0 saturated heterocycles. The molecule has 16 heavy (non-hydrogen) atoms. The summed E-state index contributed by atoms with van der Waals surface area (Å²) in [5, 5.41) is 19.1. The van der Waals surface area contributed by atoms with E-state index in [0.717, 1.165) is 12.1 Å². The first kappa shape index (κ1) is 11.6. The highest BCUT2D eigenvalue weighted by Crippen LogP contribution is 2.38. The Balaban J connectivity index is 2.42. The van der Waals surface area contributed by atoms with Crippen LogP contribution in [0.4, 0.5) is 0 Å². The van der Waals surface area contributed by atoms with Crippen LogP contribution in [0.5, 0.6) is 0 Å². The molecule has 1 aromatic rings. The van der Waals surface area contributed by atoms with Crippen molar-refractivity contribution in [3.63, 3.8) is 0 Å². The summed E-state index contributed by atoms with van der Waals surface area (Å²) >= 11 is 0. The summed E-state index contributed by atoms with van der Waals surface area (Å²) in [6, 6.07) is 7.97. The molecule has 2 N–H and O–H groups in total. The van der Waals surface area contributed by atoms with E-state index in [4.69, 9.17) is 0 Å². The maximum absolute atomic E-state index is 9.55. The SMILES string of the molecule is CC(C)(C)N1Cc2ccccc2C1B(O)O. The highest BCUT2D eigenvalue weighted by molar-refractivity contribution is 6.43. The van der Waals surface area contributed by atoms with Crippen LogP contribution in [0.15, 0.2) is 24.3 Å². The topological polar surface area (TPSA) is 43.7 Å². The molecule has 2 rings (SSSR count). The van der Waals surface area contributed by atoms with Crippen molar-refractivity contribution in [1.82, 2.24) is 4.90 Å². The minimum Gasteiger partial charge on any atom is -0.426 e. The highest BCUT2D eigenvalue weighted by atomic mass is 16.4. The lowest BCUT2D eigenvalue weighted by molar-refractivity contribution is 0.108. The second kappa shape index (κ2) is 3.88. The summed E-state index contributed by atoms with van der Waals surface area (Å²) in [6.07, 6.45) is 0. The summed E-state index contributed by atoms with van der Waals surface area (Å²) in [5.41, 5.74) is 2.15. The van der Waals surface area contributed by atoms with Crippen LogP contribution in [-0.4, -0.2) is 27.6 Å². The Morgan fingerprint density at radius 1 is 1.25 bits per heavy atom. The van der Waals surface area contributed by atoms with E-state index in [2.05, 4.69) is 31.7 Å². The number of hydrogen-bond acceptors (Lipinski definition) is 3. The van der Waals surface area contributed by atoms with Gasteiger partial charge in [-0.25, -0.2) is 0 Å². The zero-order chi connectivity index (χ0) is 11.9. The van der Waals surface area contributed by atoms with E-state index < -0.39 is 7.12 Å². The predicted molar refractivity (Wildman–Crippen MR) is 64.7 cm³/mol. The lowest BCUT2D eigenvalue weighted by Crippen LogP contribution is -2.45. The maximum atomic E-state index is 9.55. The Morgan fingerprint density at radius 3 is 2.44 bits per heavy atom. The van der Waals surface area contributed by atoms with E-state index in [0.29, 0.717) is 0 Å². The third-order valence-electron chi connectivity index (χ3n) is 3.19. The minimum absolute atomic E-state index is 0.0760. The molecule has 0 spiro atoms. The molecule has 86 valence electrons. The number of fused-ring (bicyclic) bond motifs is 1. The summed E-state index contributed by atoms with van der Waals surface area (Å²) in [4.78, 5) is 2.13. The average Bonchev–Trinajstić information content (AvgIpc) is 2.55. The molecule has 0 amide bonds. The van der Waals surface area contributed by atoms with Gasteiger partial charge in [0.1, 0.15) is 0 Å². The van der Waals surface area contributed by atoms with Gasteiger partial charge in [-0.15, -0.1) is 0 Å². The predicted octanol–water partition coefficient (Wildman–Crippen LogP) is 1.35. The second-order valence-electron chi connectivity index (χ2n) is 5.36. The first-order chi connectivity index (χ1) is 7.41. The molecular formula is C12H18BNO2. The van der Waals surface area contributed by atoms with E-state index in [1.807, 2.05) is 18.2 Å². The Bertz CT molecular complexity index is 387. The van der Waals surface area contributed by atoms with Gasteiger partial charge in [0, 0.05) is 12.1 Å². The van der Waals surface area contributed by atoms with Crippen LogP contribution >= 0.6 is 0 Å². The van der Waals surface area contributed by atoms with Gasteiger partial charge in [-0.05, 0) is 31.9 Å². The molecular weight excluding hydrogens is 201 g/mol. The molecule has 1 aromatic carbocycles. The standard InChI is InChI=1S/C12H18BNO2/c1-12(2,3)14-8-9-6-4-5-7-10(9)11(14)13(15)16/h4-7,11,15-16H,8H2,1-3H3. The molecule has 0 saturated carbocycles. The quantitative estimate of drug-likeness (QED) is 0.700. The first-order valence-corrected chi connectivity index (χ1v) is 5.62. The van der Waals surface area contributed by atoms with Gasteiger partial charge in [0.05, 0.1) is 5.94 Å². The molecule has 1 aliphatic rings. The molecule has 0 radical (unpaired) electrons. The minimum atomic E-state index is -1.33. The molecule has 0 aromatic heterocycles. The van der Waals surface area contributed by atoms with Crippen molar-refractivity contribution in [3.05, 3.63) is 35.4 Å². The average molecular weight is 219 g/mol. The summed E-state index contributed by atoms with van der Waals surface area (Å²) in [6.45, 7) is 7.05. The largest absolute Gasteiger partial charge is 0.474 e. The zero-order valence-electron chi connectivity index (χ0n) is 10.0. The van der Waals surface area contributed by atoms with Crippen LogP contribution in [-0.2, 0) is 6.54 Å². The van der Waals surface area contributed by atoms with Crippen molar-refractivity contribution in [1.29, 1.82) is 0 Å². The van der Waals surface area contributed by atoms with Gasteiger partial charge in [-0.1, -0.05) is 24.3 Å². The van der Waals surface area contributed by atoms with Crippen molar-refractivity contribution in [3.8, 4) is 0 Å². The summed E-state index contributed by atoms with van der Waals surface area (Å²) in [7, 11) is -1.33. The van der Waals surface area contributed by atoms with E-state index >= 15 is 0 Å². The normalized spacial score (nSPS) is 20.9. The fraction of sp³-hybridized carbons (Fsp3) is 0.500. The van der Waals surface area contributed by atoms with Crippen LogP contribution < -0.4 is 0 Å². The molecule has 1 unspecified atom stereocenters. The van der Waals surface area contributed by atoms with Crippen molar-refractivity contribution in [2.45, 2.75) is 38.8 Å². The molecule has 0 bridgehead atoms. The van der Waals surface area contributed by atoms with E-state index in [9.17, 15) is 10.0 Å². The maximum Gasteiger partial charge on any atom is 0.474 e. The highest BCUT2D eigenvalue weighted by Gasteiger charge is 2.42. The Kier molecular flexibility index (Phi) is 2.82. The van der Waals surface area contributed by atoms with E-state index in [1.165, 1.54) is 5.56 Å². The van der Waals surface area contributed by atoms with E-state index in [1.54, 1.807) is 0 Å². The summed E-state index contributed by atoms with van der Waals surface area (Å²) in [5.74, 6) is -0.309. The van der Waals surface area contributed by atoms with Gasteiger partial charge in [0.15, 0.2) is 0 Å². The Hall–Kier alpha value is -0.835. The van der Waals surface area contributed by atoms with Crippen LogP contribution in [0.1, 0.15) is 37.8 Å². The van der Waals surface area contributed by atoms with Crippen molar-refractivity contribution >= 4 is 7.12 Å². The molecule has 1 heterocycles. The van der Waals surface area contributed by atoms with Crippen molar-refractivity contribution < 1.29 is 10.0 Å². The number of benzene rings is 1. The van der Waals surface area contributed by atoms with Crippen LogP contribution in [0, 0.1) is 0 Å². The molecule has 0 aliphatic carbocycles. The lowest BCUT2D eigenvalue weighted by Gasteiger charge is -2.36. The van der Waals surface area contributed by atoms with Crippen molar-refractivity contribution in [2.24, 2.45) is 0 Å². The van der Waals surface area contributed by atoms with Gasteiger partial charge >= 0.3 is 7.12 Å². The molecule has 1 atom stereocenters. The fourth-order valence-corrected chi connectivity index (χ4v) is 2.39. The third-order valence-corrected chi connectivity index (χ3v) is 3.19. The molecule has 4 heteroatoms. The Labute approximate surface area is 96.9 Å². The molecule has 0 fully saturated rings. The van der Waals surface area contributed by atoms with Gasteiger partial charge < -0.3 is 10.0 Å². The fourth-order valence-electron chi connectivity index (χ4n) is 2.39. The molecule has 1 aliphatic heterocycles. The van der Waals surface area contributed by atoms with Crippen molar-refractivity contribution in [2.75, 3.05) is 0 Å². The van der Waals surface area contributed by atoms with Gasteiger partial charge in [-0.3, -0.25) is 4.90 Å². The number of rotatable bonds is 1. The monoisotopic (exact) mass is 219 g/mol. The third kappa shape index (κ3) is 1.88. The van der Waals surface area contributed by atoms with E-state index in [-0.39, 0.29) is 11.5 Å². The van der Waals surface area contributed by atoms with Gasteiger partial charge in [0.2, 0.25) is 0 Å². The molecule has 3 nitrogen and oxygen atoms in total. The second-order valence-corrected chi connectivity index (χ2v) is 5.36. The van der Waals surface area contributed by atoms with Crippen LogP contribution in [0.25, 0.3) is 0 Å². The number of hydrogen-bond donors (Lipinski definition) is 2. The summed E-state index contributed by atoms with van der Waals surface area (Å²) < 4.78 is 0. The Morgan fingerprint density at radius 2 is 1.88 bits per heavy atom. The van der Waals surface area contributed by atoms with Gasteiger partial charge in [-0.2, -0.15) is 0 Å². The van der Waals surface area contributed by atoms with Crippen LogP contribution in [0.2, 0.25) is 0 Å². The lowest BCUT2D eigenvalue weighted by atomic mass is 9.74. The van der Waals surface area contributed by atoms with Gasteiger partial charge in [0.25, 0.3) is 0 Å². The van der Waals surface area contributed by atoms with Crippen LogP contribution in [0.3, 0.4) is 0 Å².